The summed E-state index contributed by atoms with van der Waals surface area (Å²) in [5.41, 5.74) is 0. The summed E-state index contributed by atoms with van der Waals surface area (Å²) in [5, 5.41) is 12.2. The number of hydrogen-bond donors (Lipinski definition) is 2. The first-order valence-corrected chi connectivity index (χ1v) is 6.30. The molecule has 1 unspecified atom stereocenters. The van der Waals surface area contributed by atoms with Crippen molar-refractivity contribution in [3.05, 3.63) is 0 Å². The van der Waals surface area contributed by atoms with Crippen molar-refractivity contribution in [1.29, 1.82) is 0 Å². The van der Waals surface area contributed by atoms with Crippen molar-refractivity contribution in [2.75, 3.05) is 33.3 Å². The molecule has 2 N–H and O–H groups in total. The molecular weight excluding hydrogens is 188 g/mol. The lowest BCUT2D eigenvalue weighted by Gasteiger charge is -2.33. The van der Waals surface area contributed by atoms with Gasteiger partial charge in [0.05, 0.1) is 0 Å². The van der Waals surface area contributed by atoms with Gasteiger partial charge in [0, 0.05) is 19.2 Å². The van der Waals surface area contributed by atoms with Crippen molar-refractivity contribution in [3.8, 4) is 0 Å². The zero-order chi connectivity index (χ0) is 11.1. The van der Waals surface area contributed by atoms with E-state index in [4.69, 9.17) is 5.11 Å². The van der Waals surface area contributed by atoms with E-state index in [1.165, 1.54) is 32.4 Å². The Morgan fingerprint density at radius 3 is 2.53 bits per heavy atom. The first-order valence-electron chi connectivity index (χ1n) is 6.30. The predicted molar refractivity (Wildman–Crippen MR) is 64.0 cm³/mol. The topological polar surface area (TPSA) is 35.5 Å². The van der Waals surface area contributed by atoms with E-state index in [-0.39, 0.29) is 6.61 Å². The summed E-state index contributed by atoms with van der Waals surface area (Å²) in [5.74, 6) is 0.951. The zero-order valence-corrected chi connectivity index (χ0v) is 10.2. The quantitative estimate of drug-likeness (QED) is 0.694. The fourth-order valence-electron chi connectivity index (χ4n) is 2.37. The van der Waals surface area contributed by atoms with Gasteiger partial charge in [-0.15, -0.1) is 0 Å². The molecule has 1 aliphatic rings. The predicted octanol–water partition coefficient (Wildman–Crippen LogP) is 1.08. The van der Waals surface area contributed by atoms with Crippen LogP contribution in [0.15, 0.2) is 0 Å². The van der Waals surface area contributed by atoms with E-state index in [1.807, 2.05) is 7.05 Å². The van der Waals surface area contributed by atoms with Crippen molar-refractivity contribution >= 4 is 0 Å². The van der Waals surface area contributed by atoms with Crippen LogP contribution in [0, 0.1) is 5.92 Å². The normalized spacial score (nSPS) is 21.8. The van der Waals surface area contributed by atoms with Gasteiger partial charge in [0.25, 0.3) is 0 Å². The molecule has 3 nitrogen and oxygen atoms in total. The third-order valence-electron chi connectivity index (χ3n) is 3.65. The Bertz CT molecular complexity index is 156. The minimum atomic E-state index is 0.289. The molecule has 0 aromatic carbocycles. The molecule has 0 aromatic rings. The van der Waals surface area contributed by atoms with Crippen molar-refractivity contribution in [2.24, 2.45) is 5.92 Å². The minimum absolute atomic E-state index is 0.289. The molecule has 0 saturated carbocycles. The van der Waals surface area contributed by atoms with Crippen LogP contribution in [-0.4, -0.2) is 49.3 Å². The lowest BCUT2D eigenvalue weighted by molar-refractivity contribution is 0.157. The van der Waals surface area contributed by atoms with Gasteiger partial charge in [0.2, 0.25) is 0 Å². The molecule has 1 fully saturated rings. The molecule has 0 spiro atoms. The van der Waals surface area contributed by atoms with Crippen molar-refractivity contribution in [1.82, 2.24) is 10.2 Å². The summed E-state index contributed by atoms with van der Waals surface area (Å²) in [6, 6.07) is 0.452. The molecule has 0 radical (unpaired) electrons. The molecule has 0 amide bonds. The summed E-state index contributed by atoms with van der Waals surface area (Å²) in [6.45, 7) is 6.15. The Morgan fingerprint density at radius 1 is 1.40 bits per heavy atom. The van der Waals surface area contributed by atoms with Crippen LogP contribution in [0.1, 0.15) is 32.6 Å². The number of aliphatic hydroxyl groups is 1. The average molecular weight is 214 g/mol. The highest BCUT2D eigenvalue weighted by molar-refractivity contribution is 4.76. The number of piperidine rings is 1. The van der Waals surface area contributed by atoms with Gasteiger partial charge >= 0.3 is 0 Å². The number of likely N-dealkylation sites (tertiary alicyclic amines) is 1. The van der Waals surface area contributed by atoms with Crippen LogP contribution in [0.4, 0.5) is 0 Å². The maximum atomic E-state index is 8.92. The average Bonchev–Trinajstić information content (AvgIpc) is 2.29. The Hall–Kier alpha value is -0.120. The fourth-order valence-corrected chi connectivity index (χ4v) is 2.37. The van der Waals surface area contributed by atoms with Crippen LogP contribution in [0.3, 0.4) is 0 Å². The summed E-state index contributed by atoms with van der Waals surface area (Å²) >= 11 is 0. The molecular formula is C12H26N2O. The molecule has 1 atom stereocenters. The Labute approximate surface area is 93.9 Å². The van der Waals surface area contributed by atoms with Gasteiger partial charge in [-0.2, -0.15) is 0 Å². The number of nitrogens with zero attached hydrogens (tertiary/aromatic N) is 1. The van der Waals surface area contributed by atoms with Crippen molar-refractivity contribution in [2.45, 2.75) is 38.6 Å². The fraction of sp³-hybridized carbons (Fsp3) is 1.00. The second-order valence-electron chi connectivity index (χ2n) is 4.65. The van der Waals surface area contributed by atoms with Gasteiger partial charge in [0.15, 0.2) is 0 Å². The summed E-state index contributed by atoms with van der Waals surface area (Å²) in [4.78, 5) is 2.53. The third-order valence-corrected chi connectivity index (χ3v) is 3.65. The van der Waals surface area contributed by atoms with Gasteiger partial charge in [0.1, 0.15) is 0 Å². The smallest absolute Gasteiger partial charge is 0.0446 e. The molecule has 90 valence electrons. The van der Waals surface area contributed by atoms with E-state index in [0.29, 0.717) is 6.04 Å². The minimum Gasteiger partial charge on any atom is -0.396 e. The highest BCUT2D eigenvalue weighted by atomic mass is 16.3. The standard InChI is InChI=1S/C12H26N2O/c1-3-11-4-7-14(8-5-11)10-12(13-2)6-9-15/h11-13,15H,3-10H2,1-2H3. The highest BCUT2D eigenvalue weighted by Gasteiger charge is 2.19. The Morgan fingerprint density at radius 2 is 2.07 bits per heavy atom. The molecule has 1 aliphatic heterocycles. The summed E-state index contributed by atoms with van der Waals surface area (Å²) < 4.78 is 0. The van der Waals surface area contributed by atoms with Crippen LogP contribution in [0.2, 0.25) is 0 Å². The van der Waals surface area contributed by atoms with Gasteiger partial charge in [-0.1, -0.05) is 13.3 Å². The Kier molecular flexibility index (Phi) is 6.22. The monoisotopic (exact) mass is 214 g/mol. The molecule has 3 heteroatoms. The summed E-state index contributed by atoms with van der Waals surface area (Å²) in [6.07, 6.45) is 4.91. The van der Waals surface area contributed by atoms with Gasteiger partial charge in [-0.25, -0.2) is 0 Å². The summed E-state index contributed by atoms with van der Waals surface area (Å²) in [7, 11) is 1.99. The molecule has 0 aromatic heterocycles. The van der Waals surface area contributed by atoms with Crippen LogP contribution in [-0.2, 0) is 0 Å². The van der Waals surface area contributed by atoms with Crippen LogP contribution < -0.4 is 5.32 Å². The maximum Gasteiger partial charge on any atom is 0.0446 e. The maximum absolute atomic E-state index is 8.92. The van der Waals surface area contributed by atoms with Gasteiger partial charge in [-0.3, -0.25) is 0 Å². The molecule has 1 rings (SSSR count). The zero-order valence-electron chi connectivity index (χ0n) is 10.2. The SMILES string of the molecule is CCC1CCN(CC(CCO)NC)CC1. The van der Waals surface area contributed by atoms with E-state index in [0.717, 1.165) is 18.9 Å². The number of likely N-dealkylation sites (N-methyl/N-ethyl adjacent to an activating group) is 1. The number of nitrogens with one attached hydrogen (secondary N) is 1. The van der Waals surface area contributed by atoms with E-state index < -0.39 is 0 Å². The number of rotatable bonds is 6. The van der Waals surface area contributed by atoms with Gasteiger partial charge < -0.3 is 15.3 Å². The molecule has 1 saturated heterocycles. The van der Waals surface area contributed by atoms with Crippen molar-refractivity contribution in [3.63, 3.8) is 0 Å². The lowest BCUT2D eigenvalue weighted by atomic mass is 9.94. The number of aliphatic hydroxyl groups excluding tert-OH is 1. The first kappa shape index (κ1) is 12.9. The first-order chi connectivity index (χ1) is 7.30. The van der Waals surface area contributed by atoms with Crippen molar-refractivity contribution < 1.29 is 5.11 Å². The second kappa shape index (κ2) is 7.20. The molecule has 1 heterocycles. The molecule has 15 heavy (non-hydrogen) atoms. The van der Waals surface area contributed by atoms with Crippen LogP contribution in [0.25, 0.3) is 0 Å². The Balaban J connectivity index is 2.21. The molecule has 0 bridgehead atoms. The largest absolute Gasteiger partial charge is 0.396 e. The number of hydrogen-bond acceptors (Lipinski definition) is 3. The van der Waals surface area contributed by atoms with E-state index in [1.54, 1.807) is 0 Å². The van der Waals surface area contributed by atoms with E-state index >= 15 is 0 Å². The van der Waals surface area contributed by atoms with Gasteiger partial charge in [-0.05, 0) is 45.3 Å². The van der Waals surface area contributed by atoms with E-state index in [9.17, 15) is 0 Å². The second-order valence-corrected chi connectivity index (χ2v) is 4.65. The van der Waals surface area contributed by atoms with E-state index in [2.05, 4.69) is 17.1 Å². The van der Waals surface area contributed by atoms with Crippen LogP contribution >= 0.6 is 0 Å². The third kappa shape index (κ3) is 4.49. The molecule has 0 aliphatic carbocycles. The highest BCUT2D eigenvalue weighted by Crippen LogP contribution is 2.19. The lowest BCUT2D eigenvalue weighted by Crippen LogP contribution is -2.43. The van der Waals surface area contributed by atoms with Crippen LogP contribution in [0.5, 0.6) is 0 Å².